The Morgan fingerprint density at radius 1 is 1.00 bits per heavy atom. The van der Waals surface area contributed by atoms with Crippen molar-refractivity contribution in [2.24, 2.45) is 5.92 Å². The lowest BCUT2D eigenvalue weighted by Crippen LogP contribution is -2.14. The lowest BCUT2D eigenvalue weighted by atomic mass is 10.1. The van der Waals surface area contributed by atoms with Crippen LogP contribution in [0.15, 0.2) is 24.3 Å². The Kier molecular flexibility index (Phi) is 5.36. The highest BCUT2D eigenvalue weighted by Gasteiger charge is 2.05. The number of hydrogen-bond acceptors (Lipinski definition) is 2. The number of hydrogen-bond donors (Lipinski definition) is 2. The molecule has 0 aliphatic carbocycles. The van der Waals surface area contributed by atoms with E-state index < -0.39 is 0 Å². The normalized spacial score (nSPS) is 10.2. The maximum Gasteiger partial charge on any atom is 0.224 e. The molecule has 2 amide bonds. The van der Waals surface area contributed by atoms with E-state index >= 15 is 0 Å². The van der Waals surface area contributed by atoms with Crippen LogP contribution in [0.5, 0.6) is 0 Å². The number of carbonyl (C=O) groups excluding carboxylic acids is 2. The minimum Gasteiger partial charge on any atom is -0.326 e. The average molecular weight is 248 g/mol. The van der Waals surface area contributed by atoms with Gasteiger partial charge < -0.3 is 10.6 Å². The number of benzene rings is 1. The second-order valence-corrected chi connectivity index (χ2v) is 4.63. The van der Waals surface area contributed by atoms with Gasteiger partial charge in [-0.25, -0.2) is 0 Å². The van der Waals surface area contributed by atoms with Crippen molar-refractivity contribution in [1.82, 2.24) is 0 Å². The minimum absolute atomic E-state index is 0.00958. The maximum atomic E-state index is 11.6. The number of nitrogens with one attached hydrogen (secondary N) is 2. The zero-order chi connectivity index (χ0) is 13.5. The zero-order valence-corrected chi connectivity index (χ0v) is 11.1. The van der Waals surface area contributed by atoms with Crippen molar-refractivity contribution in [2.75, 3.05) is 10.6 Å². The molecule has 0 fully saturated rings. The van der Waals surface area contributed by atoms with Crippen LogP contribution in [0, 0.1) is 5.92 Å². The molecular formula is C14H20N2O2. The first-order valence-corrected chi connectivity index (χ1v) is 6.21. The second-order valence-electron chi connectivity index (χ2n) is 4.63. The van der Waals surface area contributed by atoms with E-state index in [0.717, 1.165) is 11.4 Å². The summed E-state index contributed by atoms with van der Waals surface area (Å²) in [4.78, 5) is 22.7. The highest BCUT2D eigenvalue weighted by molar-refractivity contribution is 5.92. The first kappa shape index (κ1) is 14.2. The lowest BCUT2D eigenvalue weighted by molar-refractivity contribution is -0.117. The molecule has 0 aromatic heterocycles. The molecule has 0 saturated heterocycles. The van der Waals surface area contributed by atoms with Crippen LogP contribution in [0.1, 0.15) is 33.6 Å². The van der Waals surface area contributed by atoms with E-state index in [-0.39, 0.29) is 11.8 Å². The van der Waals surface area contributed by atoms with Gasteiger partial charge >= 0.3 is 0 Å². The Bertz CT molecular complexity index is 410. The largest absolute Gasteiger partial charge is 0.326 e. The quantitative estimate of drug-likeness (QED) is 0.841. The first-order valence-electron chi connectivity index (χ1n) is 6.21. The SMILES string of the molecule is CCC(=O)Nc1ccc(NC(=O)CC(C)C)cc1. The zero-order valence-electron chi connectivity index (χ0n) is 11.1. The van der Waals surface area contributed by atoms with Crippen molar-refractivity contribution < 1.29 is 9.59 Å². The molecule has 0 atom stereocenters. The highest BCUT2D eigenvalue weighted by Crippen LogP contribution is 2.14. The number of carbonyl (C=O) groups is 2. The Morgan fingerprint density at radius 3 is 1.83 bits per heavy atom. The summed E-state index contributed by atoms with van der Waals surface area (Å²) in [5, 5.41) is 5.57. The van der Waals surface area contributed by atoms with Gasteiger partial charge in [0, 0.05) is 24.2 Å². The predicted molar refractivity (Wildman–Crippen MR) is 73.4 cm³/mol. The molecule has 1 aromatic rings. The van der Waals surface area contributed by atoms with Gasteiger partial charge in [0.25, 0.3) is 0 Å². The van der Waals surface area contributed by atoms with Crippen LogP contribution in [-0.2, 0) is 9.59 Å². The van der Waals surface area contributed by atoms with Gasteiger partial charge in [-0.3, -0.25) is 9.59 Å². The van der Waals surface area contributed by atoms with E-state index in [9.17, 15) is 9.59 Å². The minimum atomic E-state index is -0.0217. The molecule has 0 bridgehead atoms. The molecular weight excluding hydrogens is 228 g/mol. The van der Waals surface area contributed by atoms with E-state index in [2.05, 4.69) is 10.6 Å². The van der Waals surface area contributed by atoms with Crippen LogP contribution in [0.4, 0.5) is 11.4 Å². The summed E-state index contributed by atoms with van der Waals surface area (Å²) in [7, 11) is 0. The third-order valence-corrected chi connectivity index (χ3v) is 2.37. The molecule has 0 saturated carbocycles. The number of amides is 2. The fourth-order valence-corrected chi connectivity index (χ4v) is 1.47. The monoisotopic (exact) mass is 248 g/mol. The average Bonchev–Trinajstić information content (AvgIpc) is 2.30. The van der Waals surface area contributed by atoms with Crippen molar-refractivity contribution >= 4 is 23.2 Å². The predicted octanol–water partition coefficient (Wildman–Crippen LogP) is 3.02. The topological polar surface area (TPSA) is 58.2 Å². The molecule has 0 unspecified atom stereocenters. The molecule has 4 nitrogen and oxygen atoms in total. The molecule has 4 heteroatoms. The van der Waals surface area contributed by atoms with Gasteiger partial charge in [-0.2, -0.15) is 0 Å². The van der Waals surface area contributed by atoms with Crippen molar-refractivity contribution in [3.8, 4) is 0 Å². The summed E-state index contributed by atoms with van der Waals surface area (Å²) in [6, 6.07) is 7.12. The van der Waals surface area contributed by atoms with E-state index in [4.69, 9.17) is 0 Å². The summed E-state index contributed by atoms with van der Waals surface area (Å²) >= 11 is 0. The molecule has 0 aliphatic heterocycles. The number of rotatable bonds is 5. The Hall–Kier alpha value is -1.84. The Labute approximate surface area is 108 Å². The van der Waals surface area contributed by atoms with Gasteiger partial charge in [-0.05, 0) is 30.2 Å². The van der Waals surface area contributed by atoms with Crippen molar-refractivity contribution in [1.29, 1.82) is 0 Å². The van der Waals surface area contributed by atoms with E-state index in [1.165, 1.54) is 0 Å². The van der Waals surface area contributed by atoms with E-state index in [1.807, 2.05) is 13.8 Å². The van der Waals surface area contributed by atoms with Crippen molar-refractivity contribution in [2.45, 2.75) is 33.6 Å². The Balaban J connectivity index is 2.55. The van der Waals surface area contributed by atoms with Crippen molar-refractivity contribution in [3.63, 3.8) is 0 Å². The lowest BCUT2D eigenvalue weighted by Gasteiger charge is -2.08. The maximum absolute atomic E-state index is 11.6. The molecule has 1 rings (SSSR count). The molecule has 0 heterocycles. The summed E-state index contributed by atoms with van der Waals surface area (Å²) < 4.78 is 0. The molecule has 98 valence electrons. The van der Waals surface area contributed by atoms with Gasteiger partial charge in [0.2, 0.25) is 11.8 Å². The standard InChI is InChI=1S/C14H20N2O2/c1-4-13(17)15-11-5-7-12(8-6-11)16-14(18)9-10(2)3/h5-8,10H,4,9H2,1-3H3,(H,15,17)(H,16,18). The van der Waals surface area contributed by atoms with Crippen LogP contribution in [-0.4, -0.2) is 11.8 Å². The second kappa shape index (κ2) is 6.79. The van der Waals surface area contributed by atoms with Crippen LogP contribution in [0.3, 0.4) is 0 Å². The van der Waals surface area contributed by atoms with E-state index in [1.54, 1.807) is 31.2 Å². The fourth-order valence-electron chi connectivity index (χ4n) is 1.47. The molecule has 2 N–H and O–H groups in total. The third-order valence-electron chi connectivity index (χ3n) is 2.37. The van der Waals surface area contributed by atoms with Crippen LogP contribution in [0.2, 0.25) is 0 Å². The summed E-state index contributed by atoms with van der Waals surface area (Å²) in [6.45, 7) is 5.81. The van der Waals surface area contributed by atoms with E-state index in [0.29, 0.717) is 18.8 Å². The smallest absolute Gasteiger partial charge is 0.224 e. The van der Waals surface area contributed by atoms with Gasteiger partial charge in [-0.15, -0.1) is 0 Å². The van der Waals surface area contributed by atoms with Crippen LogP contribution < -0.4 is 10.6 Å². The molecule has 18 heavy (non-hydrogen) atoms. The van der Waals surface area contributed by atoms with Gasteiger partial charge in [0.1, 0.15) is 0 Å². The Morgan fingerprint density at radius 2 is 1.44 bits per heavy atom. The molecule has 0 spiro atoms. The van der Waals surface area contributed by atoms with Crippen LogP contribution in [0.25, 0.3) is 0 Å². The van der Waals surface area contributed by atoms with Gasteiger partial charge in [0.05, 0.1) is 0 Å². The third kappa shape index (κ3) is 4.99. The summed E-state index contributed by atoms with van der Waals surface area (Å²) in [6.07, 6.45) is 0.960. The highest BCUT2D eigenvalue weighted by atomic mass is 16.2. The van der Waals surface area contributed by atoms with Crippen molar-refractivity contribution in [3.05, 3.63) is 24.3 Å². The van der Waals surface area contributed by atoms with Gasteiger partial charge in [-0.1, -0.05) is 20.8 Å². The van der Waals surface area contributed by atoms with Crippen LogP contribution >= 0.6 is 0 Å². The van der Waals surface area contributed by atoms with Gasteiger partial charge in [0.15, 0.2) is 0 Å². The first-order chi connectivity index (χ1) is 8.51. The molecule has 1 aromatic carbocycles. The number of anilines is 2. The summed E-state index contributed by atoms with van der Waals surface area (Å²) in [5.74, 6) is 0.329. The molecule has 0 radical (unpaired) electrons. The summed E-state index contributed by atoms with van der Waals surface area (Å²) in [5.41, 5.74) is 1.49. The fraction of sp³-hybridized carbons (Fsp3) is 0.429. The molecule has 0 aliphatic rings.